The molecule has 0 aliphatic carbocycles. The van der Waals surface area contributed by atoms with Gasteiger partial charge in [0.2, 0.25) is 0 Å². The fourth-order valence-corrected chi connectivity index (χ4v) is 1.28. The van der Waals surface area contributed by atoms with Crippen LogP contribution in [0.25, 0.3) is 0 Å². The minimum Gasteiger partial charge on any atom is -0.378 e. The first-order valence-electron chi connectivity index (χ1n) is 4.46. The topological polar surface area (TPSA) is 9.23 Å². The van der Waals surface area contributed by atoms with Crippen molar-refractivity contribution in [1.82, 2.24) is 0 Å². The van der Waals surface area contributed by atoms with Crippen LogP contribution in [-0.2, 0) is 4.74 Å². The van der Waals surface area contributed by atoms with E-state index in [0.717, 1.165) is 12.5 Å². The Hall–Kier alpha value is -0.0400. The average Bonchev–Trinajstić information content (AvgIpc) is 2.39. The maximum atomic E-state index is 5.41. The molecule has 1 heterocycles. The molecule has 0 N–H and O–H groups in total. The van der Waals surface area contributed by atoms with Gasteiger partial charge in [-0.3, -0.25) is 0 Å². The minimum absolute atomic E-state index is 0.565. The Kier molecular flexibility index (Phi) is 5.70. The van der Waals surface area contributed by atoms with Gasteiger partial charge in [0.25, 0.3) is 0 Å². The minimum atomic E-state index is 0.565. The van der Waals surface area contributed by atoms with Crippen LogP contribution in [-0.4, -0.2) is 12.7 Å². The molecule has 0 aromatic carbocycles. The summed E-state index contributed by atoms with van der Waals surface area (Å²) in [5, 5.41) is 0. The third kappa shape index (κ3) is 2.70. The Bertz CT molecular complexity index is 71.1. The molecule has 10 heavy (non-hydrogen) atoms. The molecular weight excluding hydrogens is 124 g/mol. The summed E-state index contributed by atoms with van der Waals surface area (Å²) in [5.41, 5.74) is 0. The lowest BCUT2D eigenvalue weighted by molar-refractivity contribution is 0.0912. The third-order valence-electron chi connectivity index (χ3n) is 1.94. The second kappa shape index (κ2) is 5.72. The Morgan fingerprint density at radius 2 is 2.00 bits per heavy atom. The van der Waals surface area contributed by atoms with Gasteiger partial charge in [0, 0.05) is 6.61 Å². The van der Waals surface area contributed by atoms with Crippen LogP contribution < -0.4 is 0 Å². The molecule has 1 nitrogen and oxygen atoms in total. The maximum absolute atomic E-state index is 5.41. The van der Waals surface area contributed by atoms with E-state index in [9.17, 15) is 0 Å². The third-order valence-corrected chi connectivity index (χ3v) is 1.94. The van der Waals surface area contributed by atoms with Crippen LogP contribution in [0.15, 0.2) is 0 Å². The summed E-state index contributed by atoms with van der Waals surface area (Å²) in [6.07, 6.45) is 3.01. The Labute approximate surface area is 64.8 Å². The SMILES string of the molecule is CC.CCC1OCCC1C. The highest BCUT2D eigenvalue weighted by Crippen LogP contribution is 2.21. The number of ether oxygens (including phenoxy) is 1. The first-order valence-corrected chi connectivity index (χ1v) is 4.46. The van der Waals surface area contributed by atoms with E-state index in [4.69, 9.17) is 4.74 Å². The normalized spacial score (nSPS) is 31.2. The molecule has 1 aliphatic rings. The Morgan fingerprint density at radius 1 is 1.40 bits per heavy atom. The summed E-state index contributed by atoms with van der Waals surface area (Å²) in [5.74, 6) is 0.806. The van der Waals surface area contributed by atoms with Crippen LogP contribution in [0.2, 0.25) is 0 Å². The van der Waals surface area contributed by atoms with Gasteiger partial charge in [-0.05, 0) is 18.8 Å². The van der Waals surface area contributed by atoms with Crippen LogP contribution in [0.3, 0.4) is 0 Å². The fourth-order valence-electron chi connectivity index (χ4n) is 1.28. The second-order valence-electron chi connectivity index (χ2n) is 2.58. The molecular formula is C9H20O. The number of hydrogen-bond acceptors (Lipinski definition) is 1. The molecule has 2 atom stereocenters. The molecule has 0 aromatic rings. The van der Waals surface area contributed by atoms with Crippen molar-refractivity contribution in [2.24, 2.45) is 5.92 Å². The van der Waals surface area contributed by atoms with Crippen molar-refractivity contribution < 1.29 is 4.74 Å². The maximum Gasteiger partial charge on any atom is 0.0598 e. The van der Waals surface area contributed by atoms with Crippen molar-refractivity contribution in [3.8, 4) is 0 Å². The predicted octanol–water partition coefficient (Wildman–Crippen LogP) is 2.85. The van der Waals surface area contributed by atoms with Gasteiger partial charge < -0.3 is 4.74 Å². The smallest absolute Gasteiger partial charge is 0.0598 e. The van der Waals surface area contributed by atoms with E-state index in [-0.39, 0.29) is 0 Å². The van der Waals surface area contributed by atoms with Gasteiger partial charge in [0.05, 0.1) is 6.10 Å². The molecule has 0 bridgehead atoms. The molecule has 1 heteroatoms. The van der Waals surface area contributed by atoms with E-state index in [1.165, 1.54) is 12.8 Å². The number of hydrogen-bond donors (Lipinski definition) is 0. The monoisotopic (exact) mass is 144 g/mol. The summed E-state index contributed by atoms with van der Waals surface area (Å²) in [4.78, 5) is 0. The molecule has 1 saturated heterocycles. The lowest BCUT2D eigenvalue weighted by Crippen LogP contribution is -2.10. The van der Waals surface area contributed by atoms with E-state index in [1.807, 2.05) is 13.8 Å². The summed E-state index contributed by atoms with van der Waals surface area (Å²) in [6.45, 7) is 9.44. The van der Waals surface area contributed by atoms with E-state index < -0.39 is 0 Å². The quantitative estimate of drug-likeness (QED) is 0.550. The summed E-state index contributed by atoms with van der Waals surface area (Å²) >= 11 is 0. The molecule has 1 rings (SSSR count). The zero-order chi connectivity index (χ0) is 7.98. The van der Waals surface area contributed by atoms with Gasteiger partial charge in [0.15, 0.2) is 0 Å². The van der Waals surface area contributed by atoms with Crippen LogP contribution in [0.5, 0.6) is 0 Å². The van der Waals surface area contributed by atoms with Crippen LogP contribution in [0.1, 0.15) is 40.5 Å². The largest absolute Gasteiger partial charge is 0.378 e. The molecule has 0 radical (unpaired) electrons. The molecule has 0 amide bonds. The molecule has 0 saturated carbocycles. The summed E-state index contributed by atoms with van der Waals surface area (Å²) in [7, 11) is 0. The van der Waals surface area contributed by atoms with E-state index >= 15 is 0 Å². The molecule has 0 spiro atoms. The standard InChI is InChI=1S/C7H14O.C2H6/c1-3-7-6(2)4-5-8-7;1-2/h6-7H,3-5H2,1-2H3;1-2H3. The first kappa shape index (κ1) is 9.96. The summed E-state index contributed by atoms with van der Waals surface area (Å²) < 4.78 is 5.41. The van der Waals surface area contributed by atoms with Crippen molar-refractivity contribution in [3.05, 3.63) is 0 Å². The van der Waals surface area contributed by atoms with Crippen molar-refractivity contribution >= 4 is 0 Å². The molecule has 62 valence electrons. The van der Waals surface area contributed by atoms with Gasteiger partial charge >= 0.3 is 0 Å². The van der Waals surface area contributed by atoms with E-state index in [2.05, 4.69) is 13.8 Å². The van der Waals surface area contributed by atoms with Crippen LogP contribution in [0.4, 0.5) is 0 Å². The zero-order valence-electron chi connectivity index (χ0n) is 7.68. The highest BCUT2D eigenvalue weighted by Gasteiger charge is 2.21. The van der Waals surface area contributed by atoms with Gasteiger partial charge in [-0.2, -0.15) is 0 Å². The first-order chi connectivity index (χ1) is 4.84. The van der Waals surface area contributed by atoms with Crippen LogP contribution >= 0.6 is 0 Å². The zero-order valence-corrected chi connectivity index (χ0v) is 7.68. The molecule has 1 fully saturated rings. The van der Waals surface area contributed by atoms with Crippen LogP contribution in [0, 0.1) is 5.92 Å². The number of rotatable bonds is 1. The lowest BCUT2D eigenvalue weighted by atomic mass is 10.0. The van der Waals surface area contributed by atoms with Gasteiger partial charge in [-0.1, -0.05) is 27.7 Å². The predicted molar refractivity (Wildman–Crippen MR) is 45.2 cm³/mol. The molecule has 0 aromatic heterocycles. The van der Waals surface area contributed by atoms with Crippen molar-refractivity contribution in [1.29, 1.82) is 0 Å². The van der Waals surface area contributed by atoms with E-state index in [0.29, 0.717) is 6.10 Å². The Morgan fingerprint density at radius 3 is 2.20 bits per heavy atom. The highest BCUT2D eigenvalue weighted by molar-refractivity contribution is 4.70. The average molecular weight is 144 g/mol. The van der Waals surface area contributed by atoms with Crippen molar-refractivity contribution in [2.45, 2.75) is 46.6 Å². The molecule has 2 unspecified atom stereocenters. The van der Waals surface area contributed by atoms with Crippen molar-refractivity contribution in [3.63, 3.8) is 0 Å². The Balaban J connectivity index is 0.000000371. The highest BCUT2D eigenvalue weighted by atomic mass is 16.5. The summed E-state index contributed by atoms with van der Waals surface area (Å²) in [6, 6.07) is 0. The van der Waals surface area contributed by atoms with E-state index in [1.54, 1.807) is 0 Å². The lowest BCUT2D eigenvalue weighted by Gasteiger charge is -2.09. The van der Waals surface area contributed by atoms with Crippen molar-refractivity contribution in [2.75, 3.05) is 6.61 Å². The molecule has 1 aliphatic heterocycles. The second-order valence-corrected chi connectivity index (χ2v) is 2.58. The van der Waals surface area contributed by atoms with Gasteiger partial charge in [-0.25, -0.2) is 0 Å². The van der Waals surface area contributed by atoms with Gasteiger partial charge in [0.1, 0.15) is 0 Å². The van der Waals surface area contributed by atoms with Gasteiger partial charge in [-0.15, -0.1) is 0 Å². The fraction of sp³-hybridized carbons (Fsp3) is 1.00.